The van der Waals surface area contributed by atoms with E-state index in [2.05, 4.69) is 4.98 Å². The van der Waals surface area contributed by atoms with Gasteiger partial charge in [-0.15, -0.1) is 0 Å². The smallest absolute Gasteiger partial charge is 0.190 e. The number of hydrogen-bond acceptors (Lipinski definition) is 3. The lowest BCUT2D eigenvalue weighted by Gasteiger charge is -1.94. The SMILES string of the molecule is CSCC(=O)c1ccccn1. The van der Waals surface area contributed by atoms with Crippen LogP contribution in [0.3, 0.4) is 0 Å². The summed E-state index contributed by atoms with van der Waals surface area (Å²) in [4.78, 5) is 15.1. The van der Waals surface area contributed by atoms with Crippen molar-refractivity contribution in [3.05, 3.63) is 30.1 Å². The molecule has 3 heteroatoms. The van der Waals surface area contributed by atoms with E-state index in [1.165, 1.54) is 11.8 Å². The van der Waals surface area contributed by atoms with Crippen LogP contribution in [-0.4, -0.2) is 22.8 Å². The zero-order chi connectivity index (χ0) is 8.10. The van der Waals surface area contributed by atoms with E-state index in [0.717, 1.165) is 0 Å². The van der Waals surface area contributed by atoms with Crippen molar-refractivity contribution in [1.82, 2.24) is 4.98 Å². The quantitative estimate of drug-likeness (QED) is 0.641. The van der Waals surface area contributed by atoms with Crippen molar-refractivity contribution in [2.24, 2.45) is 0 Å². The highest BCUT2D eigenvalue weighted by Gasteiger charge is 2.03. The van der Waals surface area contributed by atoms with Crippen LogP contribution in [-0.2, 0) is 0 Å². The Hall–Kier alpha value is -0.830. The van der Waals surface area contributed by atoms with Crippen molar-refractivity contribution >= 4 is 17.5 Å². The fraction of sp³-hybridized carbons (Fsp3) is 0.250. The van der Waals surface area contributed by atoms with Crippen molar-refractivity contribution in [1.29, 1.82) is 0 Å². The minimum Gasteiger partial charge on any atom is -0.292 e. The van der Waals surface area contributed by atoms with Crippen LogP contribution in [0.25, 0.3) is 0 Å². The molecule has 0 amide bonds. The molecule has 0 atom stereocenters. The lowest BCUT2D eigenvalue weighted by molar-refractivity contribution is 0.101. The van der Waals surface area contributed by atoms with E-state index in [0.29, 0.717) is 11.4 Å². The van der Waals surface area contributed by atoms with E-state index in [-0.39, 0.29) is 5.78 Å². The first-order chi connectivity index (χ1) is 5.34. The minimum absolute atomic E-state index is 0.0955. The molecule has 0 bridgehead atoms. The first-order valence-electron chi connectivity index (χ1n) is 3.28. The molecule has 0 saturated carbocycles. The zero-order valence-corrected chi connectivity index (χ0v) is 7.10. The third-order valence-corrected chi connectivity index (χ3v) is 1.78. The standard InChI is InChI=1S/C8H9NOS/c1-11-6-8(10)7-4-2-3-5-9-7/h2-5H,6H2,1H3. The number of rotatable bonds is 3. The Labute approximate surface area is 70.0 Å². The van der Waals surface area contributed by atoms with Crippen LogP contribution in [0.4, 0.5) is 0 Å². The molecule has 58 valence electrons. The summed E-state index contributed by atoms with van der Waals surface area (Å²) in [6.45, 7) is 0. The maximum absolute atomic E-state index is 11.2. The Bertz CT molecular complexity index is 235. The van der Waals surface area contributed by atoms with Gasteiger partial charge in [-0.2, -0.15) is 11.8 Å². The molecule has 0 spiro atoms. The summed E-state index contributed by atoms with van der Waals surface area (Å²) < 4.78 is 0. The first-order valence-corrected chi connectivity index (χ1v) is 4.67. The van der Waals surface area contributed by atoms with Crippen molar-refractivity contribution < 1.29 is 4.79 Å². The van der Waals surface area contributed by atoms with E-state index in [4.69, 9.17) is 0 Å². The fourth-order valence-corrected chi connectivity index (χ4v) is 1.14. The zero-order valence-electron chi connectivity index (χ0n) is 6.28. The van der Waals surface area contributed by atoms with Crippen LogP contribution in [0.5, 0.6) is 0 Å². The van der Waals surface area contributed by atoms with Gasteiger partial charge in [0.2, 0.25) is 0 Å². The second kappa shape index (κ2) is 4.13. The predicted molar refractivity (Wildman–Crippen MR) is 46.9 cm³/mol. The molecule has 2 nitrogen and oxygen atoms in total. The van der Waals surface area contributed by atoms with Crippen molar-refractivity contribution in [3.8, 4) is 0 Å². The molecular formula is C8H9NOS. The third kappa shape index (κ3) is 2.35. The highest BCUT2D eigenvalue weighted by Crippen LogP contribution is 2.00. The predicted octanol–water partition coefficient (Wildman–Crippen LogP) is 1.63. The number of nitrogens with zero attached hydrogens (tertiary/aromatic N) is 1. The van der Waals surface area contributed by atoms with Gasteiger partial charge in [0.25, 0.3) is 0 Å². The van der Waals surface area contributed by atoms with Gasteiger partial charge in [0.05, 0.1) is 5.75 Å². The maximum atomic E-state index is 11.2. The van der Waals surface area contributed by atoms with E-state index < -0.39 is 0 Å². The molecule has 0 N–H and O–H groups in total. The summed E-state index contributed by atoms with van der Waals surface area (Å²) >= 11 is 1.52. The Morgan fingerprint density at radius 2 is 2.45 bits per heavy atom. The monoisotopic (exact) mass is 167 g/mol. The van der Waals surface area contributed by atoms with Gasteiger partial charge < -0.3 is 0 Å². The van der Waals surface area contributed by atoms with Gasteiger partial charge >= 0.3 is 0 Å². The largest absolute Gasteiger partial charge is 0.292 e. The highest BCUT2D eigenvalue weighted by atomic mass is 32.2. The molecule has 0 fully saturated rings. The number of carbonyl (C=O) groups is 1. The number of aromatic nitrogens is 1. The fourth-order valence-electron chi connectivity index (χ4n) is 0.733. The first kappa shape index (κ1) is 8.27. The highest BCUT2D eigenvalue weighted by molar-refractivity contribution is 7.99. The molecule has 11 heavy (non-hydrogen) atoms. The van der Waals surface area contributed by atoms with Gasteiger partial charge in [0, 0.05) is 6.20 Å². The van der Waals surface area contributed by atoms with Gasteiger partial charge in [-0.25, -0.2) is 0 Å². The second-order valence-electron chi connectivity index (χ2n) is 2.07. The lowest BCUT2D eigenvalue weighted by atomic mass is 10.3. The molecule has 1 aromatic rings. The normalized spacial score (nSPS) is 9.55. The number of hydrogen-bond donors (Lipinski definition) is 0. The molecule has 0 aliphatic heterocycles. The molecule has 0 aromatic carbocycles. The van der Waals surface area contributed by atoms with Gasteiger partial charge in [0.15, 0.2) is 5.78 Å². The average molecular weight is 167 g/mol. The van der Waals surface area contributed by atoms with Gasteiger partial charge in [-0.3, -0.25) is 9.78 Å². The Morgan fingerprint density at radius 3 is 3.00 bits per heavy atom. The summed E-state index contributed by atoms with van der Waals surface area (Å²) in [6, 6.07) is 5.36. The number of ketones is 1. The molecule has 0 aliphatic rings. The molecule has 0 aliphatic carbocycles. The number of thioether (sulfide) groups is 1. The summed E-state index contributed by atoms with van der Waals surface area (Å²) in [5.74, 6) is 0.606. The van der Waals surface area contributed by atoms with Gasteiger partial charge in [-0.05, 0) is 18.4 Å². The Balaban J connectivity index is 2.69. The van der Waals surface area contributed by atoms with Crippen LogP contribution in [0.1, 0.15) is 10.5 Å². The summed E-state index contributed by atoms with van der Waals surface area (Å²) in [5, 5.41) is 0. The van der Waals surface area contributed by atoms with Gasteiger partial charge in [-0.1, -0.05) is 6.07 Å². The molecule has 0 saturated heterocycles. The van der Waals surface area contributed by atoms with E-state index in [1.54, 1.807) is 18.3 Å². The van der Waals surface area contributed by atoms with Gasteiger partial charge in [0.1, 0.15) is 5.69 Å². The number of Topliss-reactive ketones (excluding diaryl/α,β-unsaturated/α-hetero) is 1. The molecule has 1 aromatic heterocycles. The second-order valence-corrected chi connectivity index (χ2v) is 2.94. The van der Waals surface area contributed by atoms with E-state index >= 15 is 0 Å². The Kier molecular flexibility index (Phi) is 3.11. The molecule has 1 rings (SSSR count). The molecule has 1 heterocycles. The van der Waals surface area contributed by atoms with Crippen molar-refractivity contribution in [2.75, 3.05) is 12.0 Å². The van der Waals surface area contributed by atoms with Crippen LogP contribution in [0.2, 0.25) is 0 Å². The Morgan fingerprint density at radius 1 is 1.64 bits per heavy atom. The maximum Gasteiger partial charge on any atom is 0.190 e. The minimum atomic E-state index is 0.0955. The van der Waals surface area contributed by atoms with Crippen LogP contribution in [0, 0.1) is 0 Å². The van der Waals surface area contributed by atoms with Crippen LogP contribution < -0.4 is 0 Å². The summed E-state index contributed by atoms with van der Waals surface area (Å²) in [6.07, 6.45) is 3.54. The lowest BCUT2D eigenvalue weighted by Crippen LogP contribution is -2.03. The molecular weight excluding hydrogens is 158 g/mol. The average Bonchev–Trinajstić information content (AvgIpc) is 2.07. The summed E-state index contributed by atoms with van der Waals surface area (Å²) in [5.41, 5.74) is 0.557. The number of pyridine rings is 1. The number of carbonyl (C=O) groups excluding carboxylic acids is 1. The van der Waals surface area contributed by atoms with Crippen LogP contribution >= 0.6 is 11.8 Å². The van der Waals surface area contributed by atoms with Crippen LogP contribution in [0.15, 0.2) is 24.4 Å². The molecule has 0 unspecified atom stereocenters. The van der Waals surface area contributed by atoms with E-state index in [1.807, 2.05) is 12.3 Å². The topological polar surface area (TPSA) is 30.0 Å². The summed E-state index contributed by atoms with van der Waals surface area (Å²) in [7, 11) is 0. The van der Waals surface area contributed by atoms with Crippen molar-refractivity contribution in [2.45, 2.75) is 0 Å². The van der Waals surface area contributed by atoms with Crippen molar-refractivity contribution in [3.63, 3.8) is 0 Å². The third-order valence-electron chi connectivity index (χ3n) is 1.23. The van der Waals surface area contributed by atoms with E-state index in [9.17, 15) is 4.79 Å². The molecule has 0 radical (unpaired) electrons.